The van der Waals surface area contributed by atoms with Crippen LogP contribution in [0.2, 0.25) is 5.28 Å². The number of anilines is 1. The van der Waals surface area contributed by atoms with Crippen LogP contribution in [0.5, 0.6) is 0 Å². The summed E-state index contributed by atoms with van der Waals surface area (Å²) in [7, 11) is 0. The first-order chi connectivity index (χ1) is 8.47. The highest BCUT2D eigenvalue weighted by molar-refractivity contribution is 6.28. The van der Waals surface area contributed by atoms with Crippen LogP contribution >= 0.6 is 11.6 Å². The average molecular weight is 286 g/mol. The normalized spacial score (nSPS) is 12.2. The minimum Gasteiger partial charge on any atom is -0.444 e. The number of amides is 1. The van der Waals surface area contributed by atoms with Gasteiger partial charge in [-0.25, -0.2) is 14.8 Å². The second-order valence-corrected chi connectivity index (χ2v) is 6.62. The molecule has 0 radical (unpaired) electrons. The maximum Gasteiger partial charge on any atom is 0.413 e. The van der Waals surface area contributed by atoms with Gasteiger partial charge in [-0.1, -0.05) is 20.8 Å². The number of rotatable bonds is 1. The fraction of sp³-hybridized carbons (Fsp3) is 0.615. The molecule has 0 atom stereocenters. The Balaban J connectivity index is 2.91. The molecule has 1 rings (SSSR count). The first-order valence-corrected chi connectivity index (χ1v) is 6.40. The number of halogens is 1. The van der Waals surface area contributed by atoms with Gasteiger partial charge in [0.1, 0.15) is 11.4 Å². The van der Waals surface area contributed by atoms with Gasteiger partial charge in [-0.3, -0.25) is 5.32 Å². The first kappa shape index (κ1) is 15.7. The Bertz CT molecular complexity index is 476. The van der Waals surface area contributed by atoms with Crippen molar-refractivity contribution < 1.29 is 9.53 Å². The van der Waals surface area contributed by atoms with E-state index in [0.29, 0.717) is 5.82 Å². The van der Waals surface area contributed by atoms with Crippen LogP contribution in [-0.4, -0.2) is 21.7 Å². The van der Waals surface area contributed by atoms with E-state index in [-0.39, 0.29) is 10.7 Å². The van der Waals surface area contributed by atoms with Gasteiger partial charge in [0.05, 0.1) is 5.69 Å². The van der Waals surface area contributed by atoms with Crippen LogP contribution in [0.25, 0.3) is 0 Å². The topological polar surface area (TPSA) is 64.1 Å². The maximum atomic E-state index is 11.7. The molecule has 1 aromatic rings. The summed E-state index contributed by atoms with van der Waals surface area (Å²) in [5, 5.41) is 2.65. The lowest BCUT2D eigenvalue weighted by Crippen LogP contribution is -2.27. The fourth-order valence-electron chi connectivity index (χ4n) is 1.27. The number of carbonyl (C=O) groups is 1. The summed E-state index contributed by atoms with van der Waals surface area (Å²) in [5.41, 5.74) is 0.00334. The number of ether oxygens (including phenoxy) is 1. The van der Waals surface area contributed by atoms with E-state index in [1.165, 1.54) is 0 Å². The van der Waals surface area contributed by atoms with Crippen LogP contribution in [0.1, 0.15) is 47.2 Å². The van der Waals surface area contributed by atoms with Crippen molar-refractivity contribution in [1.82, 2.24) is 9.97 Å². The summed E-state index contributed by atoms with van der Waals surface area (Å²) in [6, 6.07) is 1.69. The molecule has 0 unspecified atom stereocenters. The summed E-state index contributed by atoms with van der Waals surface area (Å²) in [4.78, 5) is 19.8. The SMILES string of the molecule is CC(C)(C)OC(=O)Nc1cc(C(C)(C)C)nc(Cl)n1. The molecule has 1 amide bonds. The second kappa shape index (κ2) is 5.33. The maximum absolute atomic E-state index is 11.7. The molecule has 0 aliphatic carbocycles. The van der Waals surface area contributed by atoms with Gasteiger partial charge in [0, 0.05) is 11.5 Å². The number of carbonyl (C=O) groups excluding carboxylic acids is 1. The van der Waals surface area contributed by atoms with Gasteiger partial charge in [-0.05, 0) is 32.4 Å². The Morgan fingerprint density at radius 2 is 1.79 bits per heavy atom. The molecular formula is C13H20ClN3O2. The average Bonchev–Trinajstić information content (AvgIpc) is 2.11. The number of hydrogen-bond acceptors (Lipinski definition) is 4. The number of nitrogens with zero attached hydrogens (tertiary/aromatic N) is 2. The predicted molar refractivity (Wildman–Crippen MR) is 75.6 cm³/mol. The van der Waals surface area contributed by atoms with Gasteiger partial charge in [-0.2, -0.15) is 0 Å². The Morgan fingerprint density at radius 1 is 1.21 bits per heavy atom. The van der Waals surface area contributed by atoms with Crippen molar-refractivity contribution in [1.29, 1.82) is 0 Å². The Morgan fingerprint density at radius 3 is 2.26 bits per heavy atom. The van der Waals surface area contributed by atoms with Gasteiger partial charge < -0.3 is 4.74 Å². The monoisotopic (exact) mass is 285 g/mol. The lowest BCUT2D eigenvalue weighted by Gasteiger charge is -2.21. The molecule has 19 heavy (non-hydrogen) atoms. The van der Waals surface area contributed by atoms with E-state index in [9.17, 15) is 4.79 Å². The molecule has 1 aromatic heterocycles. The summed E-state index contributed by atoms with van der Waals surface area (Å²) in [5.74, 6) is 0.333. The molecule has 0 spiro atoms. The van der Waals surface area contributed by atoms with Gasteiger partial charge >= 0.3 is 6.09 Å². The molecule has 0 bridgehead atoms. The molecule has 5 nitrogen and oxygen atoms in total. The van der Waals surface area contributed by atoms with Crippen molar-refractivity contribution in [3.05, 3.63) is 17.0 Å². The molecule has 106 valence electrons. The lowest BCUT2D eigenvalue weighted by atomic mass is 9.92. The minimum atomic E-state index is -0.567. The van der Waals surface area contributed by atoms with Crippen molar-refractivity contribution in [2.45, 2.75) is 52.6 Å². The molecule has 1 heterocycles. The zero-order valence-corrected chi connectivity index (χ0v) is 12.9. The highest BCUT2D eigenvalue weighted by Gasteiger charge is 2.20. The van der Waals surface area contributed by atoms with Gasteiger partial charge in [0.2, 0.25) is 5.28 Å². The molecule has 0 aromatic carbocycles. The van der Waals surface area contributed by atoms with E-state index in [4.69, 9.17) is 16.3 Å². The molecule has 0 fully saturated rings. The molecule has 0 aliphatic heterocycles. The van der Waals surface area contributed by atoms with Crippen molar-refractivity contribution >= 4 is 23.5 Å². The number of hydrogen-bond donors (Lipinski definition) is 1. The van der Waals surface area contributed by atoms with Crippen molar-refractivity contribution in [2.24, 2.45) is 0 Å². The summed E-state index contributed by atoms with van der Waals surface area (Å²) >= 11 is 5.86. The van der Waals surface area contributed by atoms with E-state index in [1.807, 2.05) is 20.8 Å². The third-order valence-corrected chi connectivity index (χ3v) is 2.27. The van der Waals surface area contributed by atoms with Crippen LogP contribution in [0.15, 0.2) is 6.07 Å². The molecule has 0 saturated heterocycles. The molecule has 6 heteroatoms. The summed E-state index contributed by atoms with van der Waals surface area (Å²) < 4.78 is 5.15. The van der Waals surface area contributed by atoms with Crippen LogP contribution < -0.4 is 5.32 Å². The lowest BCUT2D eigenvalue weighted by molar-refractivity contribution is 0.0635. The molecule has 0 aliphatic rings. The first-order valence-electron chi connectivity index (χ1n) is 6.02. The van der Waals surface area contributed by atoms with E-state index in [1.54, 1.807) is 26.8 Å². The minimum absolute atomic E-state index is 0.0958. The predicted octanol–water partition coefficient (Wildman–Crippen LogP) is 3.77. The highest BCUT2D eigenvalue weighted by atomic mass is 35.5. The standard InChI is InChI=1S/C13H20ClN3O2/c1-12(2,3)8-7-9(16-10(14)15-8)17-11(18)19-13(4,5)6/h7H,1-6H3,(H,15,16,17,18). The van der Waals surface area contributed by atoms with Crippen LogP contribution in [0.3, 0.4) is 0 Å². The van der Waals surface area contributed by atoms with Gasteiger partial charge in [-0.15, -0.1) is 0 Å². The zero-order valence-electron chi connectivity index (χ0n) is 12.2. The molecule has 1 N–H and O–H groups in total. The highest BCUT2D eigenvalue weighted by Crippen LogP contribution is 2.23. The number of aromatic nitrogens is 2. The fourth-order valence-corrected chi connectivity index (χ4v) is 1.46. The zero-order chi connectivity index (χ0) is 14.8. The largest absolute Gasteiger partial charge is 0.444 e. The van der Waals surface area contributed by atoms with E-state index < -0.39 is 11.7 Å². The van der Waals surface area contributed by atoms with Gasteiger partial charge in [0.15, 0.2) is 0 Å². The van der Waals surface area contributed by atoms with E-state index >= 15 is 0 Å². The molecular weight excluding hydrogens is 266 g/mol. The van der Waals surface area contributed by atoms with Crippen molar-refractivity contribution in [3.8, 4) is 0 Å². The third-order valence-electron chi connectivity index (χ3n) is 2.10. The van der Waals surface area contributed by atoms with E-state index in [2.05, 4.69) is 15.3 Å². The Kier molecular flexibility index (Phi) is 4.40. The van der Waals surface area contributed by atoms with Crippen LogP contribution in [0.4, 0.5) is 10.6 Å². The van der Waals surface area contributed by atoms with Crippen LogP contribution in [-0.2, 0) is 10.2 Å². The Hall–Kier alpha value is -1.36. The van der Waals surface area contributed by atoms with Crippen molar-refractivity contribution in [2.75, 3.05) is 5.32 Å². The number of nitrogens with one attached hydrogen (secondary N) is 1. The third kappa shape index (κ3) is 5.42. The van der Waals surface area contributed by atoms with Gasteiger partial charge in [0.25, 0.3) is 0 Å². The molecule has 0 saturated carbocycles. The smallest absolute Gasteiger partial charge is 0.413 e. The van der Waals surface area contributed by atoms with E-state index in [0.717, 1.165) is 5.69 Å². The summed E-state index contributed by atoms with van der Waals surface area (Å²) in [6.07, 6.45) is -0.567. The summed E-state index contributed by atoms with van der Waals surface area (Å²) in [6.45, 7) is 11.4. The quantitative estimate of drug-likeness (QED) is 0.798. The Labute approximate surface area is 118 Å². The van der Waals surface area contributed by atoms with Crippen molar-refractivity contribution in [3.63, 3.8) is 0 Å². The second-order valence-electron chi connectivity index (χ2n) is 6.28. The van der Waals surface area contributed by atoms with Crippen LogP contribution in [0, 0.1) is 0 Å².